The highest BCUT2D eigenvalue weighted by atomic mass is 16.6. The smallest absolute Gasteiger partial charge is 0.269 e. The number of non-ortho nitro benzene ring substituents is 1. The third kappa shape index (κ3) is 4.17. The lowest BCUT2D eigenvalue weighted by Crippen LogP contribution is -2.15. The lowest BCUT2D eigenvalue weighted by molar-refractivity contribution is -0.384. The zero-order chi connectivity index (χ0) is 16.8. The number of hydrogen-bond acceptors (Lipinski definition) is 6. The zero-order valence-electron chi connectivity index (χ0n) is 13.0. The van der Waals surface area contributed by atoms with Crippen LogP contribution in [0.1, 0.15) is 16.8 Å². The van der Waals surface area contributed by atoms with Crippen molar-refractivity contribution >= 4 is 17.2 Å². The number of hydrogen-bond donors (Lipinski definition) is 2. The molecule has 0 fully saturated rings. The second kappa shape index (κ2) is 7.22. The molecule has 1 heterocycles. The first-order valence-corrected chi connectivity index (χ1v) is 7.12. The van der Waals surface area contributed by atoms with Gasteiger partial charge in [-0.1, -0.05) is 0 Å². The summed E-state index contributed by atoms with van der Waals surface area (Å²) < 4.78 is 0. The van der Waals surface area contributed by atoms with Crippen LogP contribution in [0.2, 0.25) is 0 Å². The lowest BCUT2D eigenvalue weighted by Gasteiger charge is -2.11. The molecule has 0 amide bonds. The average molecular weight is 311 g/mol. The Balaban J connectivity index is 1.91. The summed E-state index contributed by atoms with van der Waals surface area (Å²) in [6.45, 7) is 4.93. The highest BCUT2D eigenvalue weighted by Crippen LogP contribution is 2.17. The summed E-state index contributed by atoms with van der Waals surface area (Å²) in [4.78, 5) is 14.5. The predicted octanol–water partition coefficient (Wildman–Crippen LogP) is 3.00. The maximum Gasteiger partial charge on any atom is 0.269 e. The minimum atomic E-state index is -0.430. The fourth-order valence-electron chi connectivity index (χ4n) is 2.19. The summed E-state index contributed by atoms with van der Waals surface area (Å²) in [7, 11) is 0. The number of pyridine rings is 1. The number of benzene rings is 1. The first-order valence-electron chi connectivity index (χ1n) is 7.12. The normalized spacial score (nSPS) is 9.96. The van der Waals surface area contributed by atoms with E-state index in [9.17, 15) is 15.4 Å². The molecule has 1 aromatic carbocycles. The molecule has 0 aliphatic heterocycles. The van der Waals surface area contributed by atoms with Gasteiger partial charge in [-0.15, -0.1) is 0 Å². The fourth-order valence-corrected chi connectivity index (χ4v) is 2.19. The molecule has 0 saturated heterocycles. The van der Waals surface area contributed by atoms with Crippen molar-refractivity contribution in [1.82, 2.24) is 4.98 Å². The number of nitrogens with one attached hydrogen (secondary N) is 2. The lowest BCUT2D eigenvalue weighted by atomic mass is 10.1. The van der Waals surface area contributed by atoms with E-state index in [0.717, 1.165) is 16.9 Å². The van der Waals surface area contributed by atoms with Crippen LogP contribution < -0.4 is 10.6 Å². The molecule has 7 nitrogen and oxygen atoms in total. The quantitative estimate of drug-likeness (QED) is 0.483. The first-order chi connectivity index (χ1) is 11.0. The van der Waals surface area contributed by atoms with E-state index in [-0.39, 0.29) is 5.69 Å². The topological polar surface area (TPSA) is 104 Å². The maximum atomic E-state index is 10.6. The molecule has 0 spiro atoms. The van der Waals surface area contributed by atoms with Crippen LogP contribution >= 0.6 is 0 Å². The van der Waals surface area contributed by atoms with Crippen LogP contribution in [-0.2, 0) is 0 Å². The van der Waals surface area contributed by atoms with Gasteiger partial charge in [-0.2, -0.15) is 5.26 Å². The third-order valence-corrected chi connectivity index (χ3v) is 3.28. The van der Waals surface area contributed by atoms with Crippen LogP contribution in [0.15, 0.2) is 30.3 Å². The van der Waals surface area contributed by atoms with Crippen molar-refractivity contribution in [3.8, 4) is 6.07 Å². The van der Waals surface area contributed by atoms with Gasteiger partial charge in [0.15, 0.2) is 0 Å². The van der Waals surface area contributed by atoms with E-state index in [0.29, 0.717) is 24.5 Å². The van der Waals surface area contributed by atoms with Gasteiger partial charge in [0.05, 0.1) is 10.5 Å². The van der Waals surface area contributed by atoms with Crippen LogP contribution in [0.25, 0.3) is 0 Å². The molecule has 0 atom stereocenters. The van der Waals surface area contributed by atoms with Crippen molar-refractivity contribution in [3.05, 3.63) is 57.3 Å². The third-order valence-electron chi connectivity index (χ3n) is 3.28. The molecule has 2 rings (SSSR count). The summed E-state index contributed by atoms with van der Waals surface area (Å²) in [6, 6.07) is 10.3. The molecular weight excluding hydrogens is 294 g/mol. The van der Waals surface area contributed by atoms with E-state index >= 15 is 0 Å². The molecule has 0 bridgehead atoms. The Bertz CT molecular complexity index is 750. The van der Waals surface area contributed by atoms with Gasteiger partial charge in [-0.25, -0.2) is 4.98 Å². The summed E-state index contributed by atoms with van der Waals surface area (Å²) in [5.41, 5.74) is 3.15. The van der Waals surface area contributed by atoms with Crippen molar-refractivity contribution < 1.29 is 4.92 Å². The molecule has 2 aromatic rings. The van der Waals surface area contributed by atoms with Gasteiger partial charge in [0, 0.05) is 36.6 Å². The molecule has 23 heavy (non-hydrogen) atoms. The van der Waals surface area contributed by atoms with Gasteiger partial charge in [0.2, 0.25) is 0 Å². The number of nitro groups is 1. The molecule has 7 heteroatoms. The molecule has 0 aliphatic carbocycles. The molecule has 0 saturated carbocycles. The van der Waals surface area contributed by atoms with E-state index in [4.69, 9.17) is 0 Å². The summed E-state index contributed by atoms with van der Waals surface area (Å²) in [5.74, 6) is 0.579. The van der Waals surface area contributed by atoms with Crippen LogP contribution in [0.4, 0.5) is 17.2 Å². The van der Waals surface area contributed by atoms with E-state index < -0.39 is 4.92 Å². The van der Waals surface area contributed by atoms with Crippen molar-refractivity contribution in [1.29, 1.82) is 5.26 Å². The Kier molecular flexibility index (Phi) is 5.10. The van der Waals surface area contributed by atoms with Crippen LogP contribution in [0, 0.1) is 35.3 Å². The van der Waals surface area contributed by atoms with Crippen molar-refractivity contribution in [2.24, 2.45) is 0 Å². The zero-order valence-corrected chi connectivity index (χ0v) is 13.0. The molecular formula is C16H17N5O2. The minimum absolute atomic E-state index is 0.0618. The predicted molar refractivity (Wildman–Crippen MR) is 88.5 cm³/mol. The largest absolute Gasteiger partial charge is 0.383 e. The molecule has 118 valence electrons. The first kappa shape index (κ1) is 16.2. The fraction of sp³-hybridized carbons (Fsp3) is 0.250. The van der Waals surface area contributed by atoms with Crippen molar-refractivity contribution in [2.45, 2.75) is 13.8 Å². The number of aromatic nitrogens is 1. The molecule has 0 radical (unpaired) electrons. The Morgan fingerprint density at radius 2 is 1.87 bits per heavy atom. The number of anilines is 2. The van der Waals surface area contributed by atoms with E-state index in [1.807, 2.05) is 19.9 Å². The van der Waals surface area contributed by atoms with E-state index in [2.05, 4.69) is 21.7 Å². The van der Waals surface area contributed by atoms with Crippen molar-refractivity contribution in [3.63, 3.8) is 0 Å². The maximum absolute atomic E-state index is 10.6. The molecule has 2 N–H and O–H groups in total. The number of nitrogens with zero attached hydrogens (tertiary/aromatic N) is 3. The highest BCUT2D eigenvalue weighted by molar-refractivity contribution is 5.56. The number of rotatable bonds is 6. The van der Waals surface area contributed by atoms with Crippen molar-refractivity contribution in [2.75, 3.05) is 23.7 Å². The standard InChI is InChI=1S/C16H17N5O2/c1-11-9-12(2)20-16(15(11)10-17)19-8-7-18-13-3-5-14(6-4-13)21(22)23/h3-6,9,18H,7-8H2,1-2H3,(H,19,20). The van der Waals surface area contributed by atoms with Gasteiger partial charge in [-0.3, -0.25) is 10.1 Å². The second-order valence-corrected chi connectivity index (χ2v) is 5.07. The number of nitro benzene ring substituents is 1. The Labute approximate surface area is 134 Å². The summed E-state index contributed by atoms with van der Waals surface area (Å²) in [5, 5.41) is 26.1. The van der Waals surface area contributed by atoms with E-state index in [1.165, 1.54) is 12.1 Å². The van der Waals surface area contributed by atoms with Gasteiger partial charge in [0.25, 0.3) is 5.69 Å². The summed E-state index contributed by atoms with van der Waals surface area (Å²) in [6.07, 6.45) is 0. The average Bonchev–Trinajstić information content (AvgIpc) is 2.51. The van der Waals surface area contributed by atoms with Gasteiger partial charge >= 0.3 is 0 Å². The SMILES string of the molecule is Cc1cc(C)c(C#N)c(NCCNc2ccc([N+](=O)[O-])cc2)n1. The Morgan fingerprint density at radius 3 is 2.48 bits per heavy atom. The van der Waals surface area contributed by atoms with E-state index in [1.54, 1.807) is 12.1 Å². The molecule has 0 aliphatic rings. The summed E-state index contributed by atoms with van der Waals surface area (Å²) >= 11 is 0. The second-order valence-electron chi connectivity index (χ2n) is 5.07. The molecule has 1 aromatic heterocycles. The van der Waals surface area contributed by atoms with Gasteiger partial charge in [-0.05, 0) is 37.6 Å². The monoisotopic (exact) mass is 311 g/mol. The minimum Gasteiger partial charge on any atom is -0.383 e. The van der Waals surface area contributed by atoms with Crippen LogP contribution in [0.5, 0.6) is 0 Å². The number of nitriles is 1. The van der Waals surface area contributed by atoms with Gasteiger partial charge in [0.1, 0.15) is 11.9 Å². The van der Waals surface area contributed by atoms with Crippen LogP contribution in [0.3, 0.4) is 0 Å². The molecule has 0 unspecified atom stereocenters. The van der Waals surface area contributed by atoms with Gasteiger partial charge < -0.3 is 10.6 Å². The van der Waals surface area contributed by atoms with Crippen LogP contribution in [-0.4, -0.2) is 23.0 Å². The Morgan fingerprint density at radius 1 is 1.22 bits per heavy atom. The number of aryl methyl sites for hydroxylation is 2. The highest BCUT2D eigenvalue weighted by Gasteiger charge is 2.08. The Hall–Kier alpha value is -3.14.